The van der Waals surface area contributed by atoms with Gasteiger partial charge in [-0.25, -0.2) is 9.37 Å². The molecule has 1 saturated carbocycles. The zero-order valence-corrected chi connectivity index (χ0v) is 14.3. The van der Waals surface area contributed by atoms with E-state index in [1.807, 2.05) is 26.2 Å². The number of hydrogen-bond donors (Lipinski definition) is 0. The van der Waals surface area contributed by atoms with Gasteiger partial charge in [0.2, 0.25) is 6.41 Å². The van der Waals surface area contributed by atoms with Crippen LogP contribution in [0.1, 0.15) is 24.0 Å². The van der Waals surface area contributed by atoms with Gasteiger partial charge in [-0.15, -0.1) is 0 Å². The molecule has 2 aromatic rings. The average molecular weight is 337 g/mol. The molecule has 1 aliphatic rings. The predicted octanol–water partition coefficient (Wildman–Crippen LogP) is 2.68. The summed E-state index contributed by atoms with van der Waals surface area (Å²) in [4.78, 5) is 19.3. The molecular formula is C20H20FN3O. The highest BCUT2D eigenvalue weighted by Crippen LogP contribution is 2.30. The zero-order chi connectivity index (χ0) is 17.8. The Labute approximate surface area is 147 Å². The van der Waals surface area contributed by atoms with E-state index in [4.69, 9.17) is 0 Å². The van der Waals surface area contributed by atoms with Crippen molar-refractivity contribution < 1.29 is 9.18 Å². The second-order valence-corrected chi connectivity index (χ2v) is 6.26. The molecular weight excluding hydrogens is 317 g/mol. The number of nitrogens with zero attached hydrogens (tertiary/aromatic N) is 3. The van der Waals surface area contributed by atoms with Crippen molar-refractivity contribution in [3.05, 3.63) is 59.5 Å². The number of carbonyl (C=O) groups excluding carboxylic acids is 1. The molecule has 2 unspecified atom stereocenters. The third kappa shape index (κ3) is 3.80. The number of benzene rings is 1. The lowest BCUT2D eigenvalue weighted by Crippen LogP contribution is -2.56. The number of carbonyl (C=O) groups is 1. The SMILES string of the molecule is CN(C=O)C1CCC1N(C)c1ccc(C#Cc2cccc(F)c2)cn1. The van der Waals surface area contributed by atoms with Gasteiger partial charge in [0, 0.05) is 31.4 Å². The number of pyridine rings is 1. The van der Waals surface area contributed by atoms with Crippen LogP contribution in [0.4, 0.5) is 10.2 Å². The van der Waals surface area contributed by atoms with Crippen molar-refractivity contribution in [2.75, 3.05) is 19.0 Å². The van der Waals surface area contributed by atoms with Gasteiger partial charge in [-0.1, -0.05) is 17.9 Å². The Morgan fingerprint density at radius 2 is 1.88 bits per heavy atom. The number of halogens is 1. The van der Waals surface area contributed by atoms with Gasteiger partial charge in [-0.2, -0.15) is 0 Å². The minimum absolute atomic E-state index is 0.233. The third-order valence-electron chi connectivity index (χ3n) is 4.67. The summed E-state index contributed by atoms with van der Waals surface area (Å²) in [6, 6.07) is 10.6. The minimum Gasteiger partial charge on any atom is -0.355 e. The van der Waals surface area contributed by atoms with E-state index in [1.165, 1.54) is 12.1 Å². The average Bonchev–Trinajstić information content (AvgIpc) is 2.59. The first-order valence-electron chi connectivity index (χ1n) is 8.22. The van der Waals surface area contributed by atoms with E-state index in [1.54, 1.807) is 23.2 Å². The summed E-state index contributed by atoms with van der Waals surface area (Å²) in [6.07, 6.45) is 4.65. The summed E-state index contributed by atoms with van der Waals surface area (Å²) in [7, 11) is 3.81. The highest BCUT2D eigenvalue weighted by molar-refractivity contribution is 5.50. The van der Waals surface area contributed by atoms with Gasteiger partial charge in [0.15, 0.2) is 0 Å². The van der Waals surface area contributed by atoms with Crippen molar-refractivity contribution in [1.29, 1.82) is 0 Å². The second kappa shape index (κ2) is 7.35. The van der Waals surface area contributed by atoms with E-state index in [0.29, 0.717) is 5.56 Å². The summed E-state index contributed by atoms with van der Waals surface area (Å²) >= 11 is 0. The van der Waals surface area contributed by atoms with Crippen LogP contribution in [0.2, 0.25) is 0 Å². The lowest BCUT2D eigenvalue weighted by Gasteiger charge is -2.46. The number of likely N-dealkylation sites (N-methyl/N-ethyl adjacent to an activating group) is 2. The highest BCUT2D eigenvalue weighted by atomic mass is 19.1. The first-order valence-corrected chi connectivity index (χ1v) is 8.22. The number of amides is 1. The summed E-state index contributed by atoms with van der Waals surface area (Å²) in [5.41, 5.74) is 1.41. The molecule has 1 aromatic carbocycles. The van der Waals surface area contributed by atoms with E-state index in [9.17, 15) is 9.18 Å². The molecule has 1 amide bonds. The van der Waals surface area contributed by atoms with E-state index < -0.39 is 0 Å². The molecule has 0 N–H and O–H groups in total. The van der Waals surface area contributed by atoms with Crippen LogP contribution in [0.5, 0.6) is 0 Å². The zero-order valence-electron chi connectivity index (χ0n) is 14.3. The summed E-state index contributed by atoms with van der Waals surface area (Å²) in [6.45, 7) is 0. The molecule has 0 saturated heterocycles. The Morgan fingerprint density at radius 3 is 2.48 bits per heavy atom. The highest BCUT2D eigenvalue weighted by Gasteiger charge is 2.36. The quantitative estimate of drug-likeness (QED) is 0.636. The molecule has 1 aliphatic carbocycles. The maximum absolute atomic E-state index is 13.2. The van der Waals surface area contributed by atoms with Crippen LogP contribution in [0.25, 0.3) is 0 Å². The largest absolute Gasteiger partial charge is 0.355 e. The van der Waals surface area contributed by atoms with Gasteiger partial charge in [-0.3, -0.25) is 4.79 Å². The van der Waals surface area contributed by atoms with Crippen molar-refractivity contribution in [1.82, 2.24) is 9.88 Å². The fourth-order valence-corrected chi connectivity index (χ4v) is 3.02. The monoisotopic (exact) mass is 337 g/mol. The van der Waals surface area contributed by atoms with Crippen LogP contribution in [0, 0.1) is 17.7 Å². The summed E-state index contributed by atoms with van der Waals surface area (Å²) in [5.74, 6) is 6.49. The second-order valence-electron chi connectivity index (χ2n) is 6.26. The standard InChI is InChI=1S/C20H20FN3O/c1-23(14-25)18-9-10-19(18)24(2)20-11-8-16(13-22-20)7-6-15-4-3-5-17(21)12-15/h3-5,8,11-14,18-19H,9-10H2,1-2H3. The van der Waals surface area contributed by atoms with Gasteiger partial charge in [-0.05, 0) is 43.2 Å². The number of aromatic nitrogens is 1. The van der Waals surface area contributed by atoms with Crippen molar-refractivity contribution >= 4 is 12.2 Å². The van der Waals surface area contributed by atoms with Crippen LogP contribution >= 0.6 is 0 Å². The van der Waals surface area contributed by atoms with Gasteiger partial charge >= 0.3 is 0 Å². The molecule has 1 fully saturated rings. The normalized spacial score (nSPS) is 18.5. The molecule has 1 aromatic heterocycles. The van der Waals surface area contributed by atoms with Gasteiger partial charge in [0.1, 0.15) is 11.6 Å². The minimum atomic E-state index is -0.294. The predicted molar refractivity (Wildman–Crippen MR) is 95.7 cm³/mol. The number of rotatable bonds is 4. The lowest BCUT2D eigenvalue weighted by molar-refractivity contribution is -0.120. The van der Waals surface area contributed by atoms with E-state index in [2.05, 4.69) is 21.7 Å². The Balaban J connectivity index is 1.69. The molecule has 128 valence electrons. The van der Waals surface area contributed by atoms with Crippen molar-refractivity contribution in [3.8, 4) is 11.8 Å². The third-order valence-corrected chi connectivity index (χ3v) is 4.67. The molecule has 3 rings (SSSR count). The number of hydrogen-bond acceptors (Lipinski definition) is 3. The Hall–Kier alpha value is -2.87. The Bertz CT molecular complexity index is 810. The smallest absolute Gasteiger partial charge is 0.209 e. The summed E-state index contributed by atoms with van der Waals surface area (Å²) < 4.78 is 13.2. The molecule has 0 spiro atoms. The van der Waals surface area contributed by atoms with Crippen LogP contribution in [0.3, 0.4) is 0 Å². The first-order chi connectivity index (χ1) is 12.1. The van der Waals surface area contributed by atoms with E-state index in [-0.39, 0.29) is 17.9 Å². The van der Waals surface area contributed by atoms with Gasteiger partial charge in [0.05, 0.1) is 12.1 Å². The summed E-state index contributed by atoms with van der Waals surface area (Å²) in [5, 5.41) is 0. The first kappa shape index (κ1) is 17.0. The topological polar surface area (TPSA) is 36.4 Å². The molecule has 1 heterocycles. The maximum atomic E-state index is 13.2. The fourth-order valence-electron chi connectivity index (χ4n) is 3.02. The van der Waals surface area contributed by atoms with Crippen molar-refractivity contribution in [2.24, 2.45) is 0 Å². The van der Waals surface area contributed by atoms with Crippen LogP contribution in [-0.2, 0) is 4.79 Å². The van der Waals surface area contributed by atoms with Crippen LogP contribution in [-0.4, -0.2) is 42.5 Å². The molecule has 0 aliphatic heterocycles. The van der Waals surface area contributed by atoms with E-state index in [0.717, 1.165) is 30.6 Å². The Morgan fingerprint density at radius 1 is 1.12 bits per heavy atom. The van der Waals surface area contributed by atoms with E-state index >= 15 is 0 Å². The number of anilines is 1. The fraction of sp³-hybridized carbons (Fsp3) is 0.300. The lowest BCUT2D eigenvalue weighted by atomic mass is 9.84. The van der Waals surface area contributed by atoms with Crippen LogP contribution in [0.15, 0.2) is 42.6 Å². The van der Waals surface area contributed by atoms with Crippen LogP contribution < -0.4 is 4.90 Å². The van der Waals surface area contributed by atoms with Gasteiger partial charge in [0.25, 0.3) is 0 Å². The maximum Gasteiger partial charge on any atom is 0.209 e. The van der Waals surface area contributed by atoms with Crippen molar-refractivity contribution in [3.63, 3.8) is 0 Å². The molecule has 0 bridgehead atoms. The Kier molecular flexibility index (Phi) is 4.99. The molecule has 2 atom stereocenters. The molecule has 4 nitrogen and oxygen atoms in total. The molecule has 5 heteroatoms. The molecule has 0 radical (unpaired) electrons. The van der Waals surface area contributed by atoms with Gasteiger partial charge < -0.3 is 9.80 Å². The van der Waals surface area contributed by atoms with Crippen molar-refractivity contribution in [2.45, 2.75) is 24.9 Å². The molecule has 25 heavy (non-hydrogen) atoms.